The highest BCUT2D eigenvalue weighted by atomic mass is 15.0. The van der Waals surface area contributed by atoms with Gasteiger partial charge in [0.1, 0.15) is 0 Å². The van der Waals surface area contributed by atoms with Gasteiger partial charge in [0.25, 0.3) is 0 Å². The number of rotatable bonds is 6. The van der Waals surface area contributed by atoms with Crippen LogP contribution in [0.3, 0.4) is 0 Å². The average molecular weight is 759 g/mol. The second-order valence-corrected chi connectivity index (χ2v) is 14.0. The summed E-state index contributed by atoms with van der Waals surface area (Å²) in [4.78, 5) is 0. The standard InChI is InChI=1S/C30H25N3.C20H15N.C2H6.H4N2/c1-21(10-9-19-31)20-32-27-15-7-5-13-23(27)25-17-18-26-24-14-6-8-16-28(24)33(30(26)29(25)32)22-11-3-2-4-12-22;21-20(19-12-16-7-3-4-8-17(16)13-19)18-10-9-14-5-1-2-6-15(14)11-18;2*1-2/h2-19H,20,31H2,1H3;1-12,21H,13H2;1-2H3;1-2H2/b19-9-,21-10-;;;. The maximum atomic E-state index is 8.51. The third kappa shape index (κ3) is 7.47. The minimum Gasteiger partial charge on any atom is -0.405 e. The molecule has 58 heavy (non-hydrogen) atoms. The number of aromatic nitrogens is 2. The summed E-state index contributed by atoms with van der Waals surface area (Å²) in [5.41, 5.74) is 18.3. The molecule has 0 saturated heterocycles. The Bertz CT molecular complexity index is 2980. The Morgan fingerprint density at radius 1 is 0.638 bits per heavy atom. The molecule has 2 aromatic heterocycles. The van der Waals surface area contributed by atoms with Crippen molar-refractivity contribution in [3.63, 3.8) is 0 Å². The molecule has 6 heteroatoms. The first-order valence-electron chi connectivity index (χ1n) is 19.8. The zero-order valence-corrected chi connectivity index (χ0v) is 33.4. The van der Waals surface area contributed by atoms with Crippen LogP contribution in [-0.2, 0) is 13.0 Å². The molecular weight excluding hydrogens is 709 g/mol. The van der Waals surface area contributed by atoms with Crippen LogP contribution in [-0.4, -0.2) is 14.8 Å². The molecule has 2 heterocycles. The van der Waals surface area contributed by atoms with Gasteiger partial charge in [-0.3, -0.25) is 17.1 Å². The van der Waals surface area contributed by atoms with Crippen molar-refractivity contribution in [1.29, 1.82) is 5.41 Å². The van der Waals surface area contributed by atoms with Crippen molar-refractivity contribution in [2.45, 2.75) is 33.7 Å². The second-order valence-electron chi connectivity index (χ2n) is 14.0. The van der Waals surface area contributed by atoms with Crippen LogP contribution in [0.4, 0.5) is 0 Å². The molecule has 0 amide bonds. The molecule has 0 atom stereocenters. The van der Waals surface area contributed by atoms with Crippen LogP contribution in [0.25, 0.3) is 66.1 Å². The van der Waals surface area contributed by atoms with Gasteiger partial charge < -0.3 is 14.9 Å². The summed E-state index contributed by atoms with van der Waals surface area (Å²) in [5.74, 6) is 8.00. The molecule has 7 aromatic carbocycles. The molecule has 288 valence electrons. The van der Waals surface area contributed by atoms with Crippen molar-refractivity contribution in [2.24, 2.45) is 17.4 Å². The molecule has 9 aromatic rings. The number of allylic oxidation sites excluding steroid dienone is 4. The zero-order chi connectivity index (χ0) is 40.6. The van der Waals surface area contributed by atoms with Crippen LogP contribution < -0.4 is 17.4 Å². The highest BCUT2D eigenvalue weighted by molar-refractivity contribution is 6.23. The molecule has 0 saturated carbocycles. The lowest BCUT2D eigenvalue weighted by molar-refractivity contribution is 0.850. The van der Waals surface area contributed by atoms with E-state index in [1.54, 1.807) is 6.20 Å². The molecule has 0 aliphatic heterocycles. The predicted molar refractivity (Wildman–Crippen MR) is 249 cm³/mol. The van der Waals surface area contributed by atoms with Gasteiger partial charge in [-0.25, -0.2) is 0 Å². The summed E-state index contributed by atoms with van der Waals surface area (Å²) in [6.07, 6.45) is 8.59. The number of hydrogen-bond acceptors (Lipinski definition) is 4. The summed E-state index contributed by atoms with van der Waals surface area (Å²) in [5, 5.41) is 16.0. The van der Waals surface area contributed by atoms with E-state index in [0.717, 1.165) is 24.1 Å². The van der Waals surface area contributed by atoms with Crippen LogP contribution in [0.1, 0.15) is 37.5 Å². The molecule has 0 radical (unpaired) electrons. The number of nitrogens with one attached hydrogen (secondary N) is 1. The van der Waals surface area contributed by atoms with E-state index in [1.165, 1.54) is 76.8 Å². The zero-order valence-electron chi connectivity index (χ0n) is 33.4. The minimum absolute atomic E-state index is 0.636. The van der Waals surface area contributed by atoms with Gasteiger partial charge in [0, 0.05) is 51.3 Å². The van der Waals surface area contributed by atoms with E-state index in [4.69, 9.17) is 11.1 Å². The van der Waals surface area contributed by atoms with Crippen molar-refractivity contribution >= 4 is 66.2 Å². The van der Waals surface area contributed by atoms with Crippen molar-refractivity contribution in [3.8, 4) is 5.69 Å². The summed E-state index contributed by atoms with van der Waals surface area (Å²) in [7, 11) is 0. The molecule has 1 aliphatic rings. The van der Waals surface area contributed by atoms with E-state index < -0.39 is 0 Å². The van der Waals surface area contributed by atoms with Crippen LogP contribution in [0.2, 0.25) is 0 Å². The summed E-state index contributed by atoms with van der Waals surface area (Å²) in [6, 6.07) is 55.6. The Morgan fingerprint density at radius 3 is 1.97 bits per heavy atom. The number of hydrazine groups is 1. The van der Waals surface area contributed by atoms with Gasteiger partial charge in [-0.1, -0.05) is 153 Å². The minimum atomic E-state index is 0.636. The van der Waals surface area contributed by atoms with E-state index in [1.807, 2.05) is 32.1 Å². The summed E-state index contributed by atoms with van der Waals surface area (Å²) >= 11 is 0. The Hall–Kier alpha value is -6.99. The molecule has 7 N–H and O–H groups in total. The maximum Gasteiger partial charge on any atom is 0.0785 e. The Labute approximate surface area is 340 Å². The summed E-state index contributed by atoms with van der Waals surface area (Å²) in [6.45, 7) is 6.96. The quantitative estimate of drug-likeness (QED) is 0.0586. The predicted octanol–water partition coefficient (Wildman–Crippen LogP) is 12.0. The van der Waals surface area contributed by atoms with E-state index in [9.17, 15) is 0 Å². The largest absolute Gasteiger partial charge is 0.405 e. The fourth-order valence-corrected chi connectivity index (χ4v) is 8.09. The van der Waals surface area contributed by atoms with Gasteiger partial charge in [0.2, 0.25) is 0 Å². The smallest absolute Gasteiger partial charge is 0.0785 e. The highest BCUT2D eigenvalue weighted by Gasteiger charge is 2.20. The molecular formula is C52H50N6. The number of nitrogens with two attached hydrogens (primary N) is 3. The highest BCUT2D eigenvalue weighted by Crippen LogP contribution is 2.40. The SMILES string of the molecule is C/C(=C/C=C\N)Cn1c2ccccc2c2ccc3c4ccccc4n(-c4ccccc4)c3c21.CC.N=C(C1=Cc2ccccc2C1)c1ccc2ccccc2c1.NN. The van der Waals surface area contributed by atoms with Crippen LogP contribution in [0.15, 0.2) is 187 Å². The van der Waals surface area contributed by atoms with Crippen molar-refractivity contribution < 1.29 is 0 Å². The monoisotopic (exact) mass is 758 g/mol. The fraction of sp³-hybridized carbons (Fsp3) is 0.0962. The summed E-state index contributed by atoms with van der Waals surface area (Å²) < 4.78 is 4.88. The molecule has 0 bridgehead atoms. The van der Waals surface area contributed by atoms with E-state index >= 15 is 0 Å². The van der Waals surface area contributed by atoms with Crippen LogP contribution in [0.5, 0.6) is 0 Å². The first kappa shape index (κ1) is 39.3. The number of benzene rings is 7. The maximum absolute atomic E-state index is 8.51. The number of para-hydroxylation sites is 3. The Balaban J connectivity index is 0.000000176. The Morgan fingerprint density at radius 2 is 1.24 bits per heavy atom. The molecule has 10 rings (SSSR count). The lowest BCUT2D eigenvalue weighted by Gasteiger charge is -2.12. The van der Waals surface area contributed by atoms with E-state index in [0.29, 0.717) is 5.71 Å². The molecule has 6 nitrogen and oxygen atoms in total. The molecule has 0 fully saturated rings. The molecule has 1 aliphatic carbocycles. The van der Waals surface area contributed by atoms with Gasteiger partial charge in [-0.15, -0.1) is 0 Å². The number of nitrogens with zero attached hydrogens (tertiary/aromatic N) is 2. The fourth-order valence-electron chi connectivity index (χ4n) is 8.09. The van der Waals surface area contributed by atoms with Gasteiger partial charge in [-0.2, -0.15) is 0 Å². The first-order chi connectivity index (χ1) is 28.6. The van der Waals surface area contributed by atoms with Crippen molar-refractivity contribution in [2.75, 3.05) is 0 Å². The third-order valence-corrected chi connectivity index (χ3v) is 10.6. The molecule has 0 unspecified atom stereocenters. The van der Waals surface area contributed by atoms with Gasteiger partial charge in [0.15, 0.2) is 0 Å². The number of hydrogen-bond donors (Lipinski definition) is 4. The van der Waals surface area contributed by atoms with Crippen LogP contribution in [0, 0.1) is 5.41 Å². The topological polar surface area (TPSA) is 112 Å². The lowest BCUT2D eigenvalue weighted by Crippen LogP contribution is -2.03. The average Bonchev–Trinajstić information content (AvgIpc) is 3.98. The first-order valence-corrected chi connectivity index (χ1v) is 19.8. The van der Waals surface area contributed by atoms with E-state index in [-0.39, 0.29) is 0 Å². The Kier molecular flexibility index (Phi) is 12.1. The lowest BCUT2D eigenvalue weighted by atomic mass is 9.98. The van der Waals surface area contributed by atoms with Crippen molar-refractivity contribution in [3.05, 3.63) is 204 Å². The van der Waals surface area contributed by atoms with Gasteiger partial charge >= 0.3 is 0 Å². The number of fused-ring (bicyclic) bond motifs is 9. The van der Waals surface area contributed by atoms with Gasteiger partial charge in [0.05, 0.1) is 22.3 Å². The van der Waals surface area contributed by atoms with Crippen LogP contribution >= 0.6 is 0 Å². The van der Waals surface area contributed by atoms with Gasteiger partial charge in [-0.05, 0) is 83.1 Å². The molecule has 0 spiro atoms. The second kappa shape index (κ2) is 17.9. The normalized spacial score (nSPS) is 12.2. The third-order valence-electron chi connectivity index (χ3n) is 10.6. The van der Waals surface area contributed by atoms with Crippen molar-refractivity contribution in [1.82, 2.24) is 9.13 Å². The van der Waals surface area contributed by atoms with E-state index in [2.05, 4.69) is 185 Å².